The first kappa shape index (κ1) is 23.4. The summed E-state index contributed by atoms with van der Waals surface area (Å²) < 4.78 is 2.61. The van der Waals surface area contributed by atoms with Crippen LogP contribution in [-0.2, 0) is 0 Å². The number of hydrogen-bond donors (Lipinski definition) is 2. The van der Waals surface area contributed by atoms with Crippen molar-refractivity contribution in [3.63, 3.8) is 0 Å². The van der Waals surface area contributed by atoms with Gasteiger partial charge in [-0.2, -0.15) is 0 Å². The van der Waals surface area contributed by atoms with Crippen LogP contribution in [0.2, 0.25) is 0 Å². The molecule has 1 amide bonds. The van der Waals surface area contributed by atoms with Gasteiger partial charge in [-0.1, -0.05) is 34.1 Å². The third kappa shape index (κ3) is 4.96. The lowest BCUT2D eigenvalue weighted by Gasteiger charge is -2.15. The average Bonchev–Trinajstić information content (AvgIpc) is 3.19. The topological polar surface area (TPSA) is 97.2 Å². The second kappa shape index (κ2) is 9.64. The Morgan fingerprint density at radius 3 is 2.64 bits per heavy atom. The van der Waals surface area contributed by atoms with Crippen molar-refractivity contribution in [1.82, 2.24) is 10.3 Å². The first-order valence-corrected chi connectivity index (χ1v) is 12.3. The van der Waals surface area contributed by atoms with Gasteiger partial charge in [0, 0.05) is 31.7 Å². The van der Waals surface area contributed by atoms with Crippen molar-refractivity contribution in [2.75, 3.05) is 5.32 Å². The summed E-state index contributed by atoms with van der Waals surface area (Å²) in [7, 11) is 0. The van der Waals surface area contributed by atoms with Crippen molar-refractivity contribution in [3.8, 4) is 10.6 Å². The van der Waals surface area contributed by atoms with Crippen LogP contribution in [0.4, 0.5) is 11.4 Å². The molecule has 0 aliphatic rings. The Balaban J connectivity index is 1.63. The zero-order chi connectivity index (χ0) is 23.7. The molecule has 0 unspecified atom stereocenters. The highest BCUT2D eigenvalue weighted by Gasteiger charge is 2.20. The summed E-state index contributed by atoms with van der Waals surface area (Å²) in [5, 5.41) is 17.7. The number of rotatable bonds is 4. The van der Waals surface area contributed by atoms with Crippen LogP contribution in [0.1, 0.15) is 15.9 Å². The van der Waals surface area contributed by atoms with Gasteiger partial charge >= 0.3 is 0 Å². The largest absolute Gasteiger partial charge is 0.331 e. The number of halogens is 2. The van der Waals surface area contributed by atoms with E-state index in [-0.39, 0.29) is 21.9 Å². The number of thiazole rings is 1. The number of nitrogens with one attached hydrogen (secondary N) is 2. The number of nitro benzene ring substituents is 1. The minimum atomic E-state index is -0.538. The Hall–Kier alpha value is -2.73. The molecule has 7 nitrogen and oxygen atoms in total. The molecule has 1 aromatic heterocycles. The summed E-state index contributed by atoms with van der Waals surface area (Å²) in [6, 6.07) is 15.9. The number of nitrogens with zero attached hydrogens (tertiary/aromatic N) is 2. The van der Waals surface area contributed by atoms with Crippen LogP contribution in [0.25, 0.3) is 20.8 Å². The quantitative estimate of drug-likeness (QED) is 0.150. The van der Waals surface area contributed by atoms with Crippen molar-refractivity contribution < 1.29 is 9.72 Å². The van der Waals surface area contributed by atoms with Crippen LogP contribution in [0.5, 0.6) is 0 Å². The second-order valence-electron chi connectivity index (χ2n) is 6.91. The minimum Gasteiger partial charge on any atom is -0.331 e. The minimum absolute atomic E-state index is 0.0521. The third-order valence-corrected chi connectivity index (χ3v) is 7.15. The highest BCUT2D eigenvalue weighted by Crippen LogP contribution is 2.40. The molecule has 3 aromatic carbocycles. The van der Waals surface area contributed by atoms with Gasteiger partial charge < -0.3 is 5.32 Å². The molecule has 0 atom stereocenters. The van der Waals surface area contributed by atoms with Crippen LogP contribution in [0.3, 0.4) is 0 Å². The van der Waals surface area contributed by atoms with Gasteiger partial charge in [0.2, 0.25) is 0 Å². The SMILES string of the molecule is Cc1c(C(=O)NC(=S)Nc2c(Br)cc(Br)cc2-c2nc3ccccc3s2)cccc1[N+](=O)[O-]. The fourth-order valence-corrected chi connectivity index (χ4v) is 5.75. The van der Waals surface area contributed by atoms with Crippen LogP contribution in [0, 0.1) is 17.0 Å². The first-order chi connectivity index (χ1) is 15.7. The summed E-state index contributed by atoms with van der Waals surface area (Å²) in [4.78, 5) is 28.1. The number of hydrogen-bond acceptors (Lipinski definition) is 6. The molecule has 0 bridgehead atoms. The van der Waals surface area contributed by atoms with Gasteiger partial charge in [-0.3, -0.25) is 20.2 Å². The van der Waals surface area contributed by atoms with Gasteiger partial charge in [0.1, 0.15) is 5.01 Å². The van der Waals surface area contributed by atoms with Crippen LogP contribution in [-0.4, -0.2) is 20.9 Å². The van der Waals surface area contributed by atoms with Crippen molar-refractivity contribution in [3.05, 3.63) is 84.8 Å². The van der Waals surface area contributed by atoms with E-state index in [1.807, 2.05) is 36.4 Å². The standard InChI is InChI=1S/C22H14Br2N4O3S2/c1-11-13(5-4-7-17(11)28(30)31)20(29)27-22(32)26-19-14(9-12(23)10-15(19)24)21-25-16-6-2-3-8-18(16)33-21/h2-10H,1H3,(H2,26,27,29,32). The summed E-state index contributed by atoms with van der Waals surface area (Å²) >= 11 is 14.0. The zero-order valence-corrected chi connectivity index (χ0v) is 21.7. The van der Waals surface area contributed by atoms with E-state index in [2.05, 4.69) is 42.5 Å². The molecule has 4 rings (SSSR count). The van der Waals surface area contributed by atoms with Gasteiger partial charge in [0.15, 0.2) is 5.11 Å². The van der Waals surface area contributed by atoms with Crippen molar-refractivity contribution in [1.29, 1.82) is 0 Å². The third-order valence-electron chi connectivity index (χ3n) is 4.79. The van der Waals surface area contributed by atoms with E-state index in [1.165, 1.54) is 36.5 Å². The van der Waals surface area contributed by atoms with Gasteiger partial charge in [-0.25, -0.2) is 4.98 Å². The number of carbonyl (C=O) groups is 1. The molecule has 2 N–H and O–H groups in total. The molecule has 0 saturated carbocycles. The number of carbonyl (C=O) groups excluding carboxylic acids is 1. The molecule has 0 radical (unpaired) electrons. The molecule has 0 fully saturated rings. The predicted octanol–water partition coefficient (Wildman–Crippen LogP) is 6.83. The zero-order valence-electron chi connectivity index (χ0n) is 16.9. The van der Waals surface area contributed by atoms with Crippen LogP contribution < -0.4 is 10.6 Å². The van der Waals surface area contributed by atoms with Crippen LogP contribution >= 0.6 is 55.4 Å². The maximum atomic E-state index is 12.8. The van der Waals surface area contributed by atoms with Crippen molar-refractivity contribution >= 4 is 88.0 Å². The molecular formula is C22H14Br2N4O3S2. The predicted molar refractivity (Wildman–Crippen MR) is 142 cm³/mol. The molecule has 166 valence electrons. The Kier molecular flexibility index (Phi) is 6.84. The number of benzene rings is 3. The van der Waals surface area contributed by atoms with Gasteiger partial charge in [0.25, 0.3) is 11.6 Å². The number of para-hydroxylation sites is 1. The Morgan fingerprint density at radius 1 is 1.15 bits per heavy atom. The van der Waals surface area contributed by atoms with Crippen molar-refractivity contribution in [2.24, 2.45) is 0 Å². The van der Waals surface area contributed by atoms with Crippen LogP contribution in [0.15, 0.2) is 63.5 Å². The van der Waals surface area contributed by atoms with Crippen molar-refractivity contribution in [2.45, 2.75) is 6.92 Å². The van der Waals surface area contributed by atoms with E-state index in [1.54, 1.807) is 0 Å². The van der Waals surface area contributed by atoms with E-state index in [9.17, 15) is 14.9 Å². The summed E-state index contributed by atoms with van der Waals surface area (Å²) in [6.45, 7) is 1.53. The highest BCUT2D eigenvalue weighted by atomic mass is 79.9. The molecule has 0 aliphatic carbocycles. The van der Waals surface area contributed by atoms with E-state index in [0.29, 0.717) is 10.2 Å². The first-order valence-electron chi connectivity index (χ1n) is 9.46. The molecule has 11 heteroatoms. The van der Waals surface area contributed by atoms with E-state index in [0.717, 1.165) is 25.3 Å². The maximum Gasteiger partial charge on any atom is 0.273 e. The summed E-state index contributed by atoms with van der Waals surface area (Å²) in [6.07, 6.45) is 0. The summed E-state index contributed by atoms with van der Waals surface area (Å²) in [5.41, 5.74) is 2.63. The molecule has 0 aliphatic heterocycles. The Morgan fingerprint density at radius 2 is 1.91 bits per heavy atom. The van der Waals surface area contributed by atoms with E-state index < -0.39 is 10.8 Å². The lowest BCUT2D eigenvalue weighted by Crippen LogP contribution is -2.34. The highest BCUT2D eigenvalue weighted by molar-refractivity contribution is 9.11. The number of nitro groups is 1. The van der Waals surface area contributed by atoms with Gasteiger partial charge in [-0.05, 0) is 65.4 Å². The molecule has 4 aromatic rings. The fraction of sp³-hybridized carbons (Fsp3) is 0.0455. The van der Waals surface area contributed by atoms with Gasteiger partial charge in [0.05, 0.1) is 20.8 Å². The Bertz CT molecular complexity index is 1410. The molecule has 0 saturated heterocycles. The molecular weight excluding hydrogens is 592 g/mol. The molecule has 1 heterocycles. The normalized spacial score (nSPS) is 10.8. The molecule has 0 spiro atoms. The Labute approximate surface area is 214 Å². The second-order valence-corrected chi connectivity index (χ2v) is 10.1. The monoisotopic (exact) mass is 604 g/mol. The van der Waals surface area contributed by atoms with E-state index >= 15 is 0 Å². The number of fused-ring (bicyclic) bond motifs is 1. The lowest BCUT2D eigenvalue weighted by atomic mass is 10.1. The maximum absolute atomic E-state index is 12.8. The average molecular weight is 606 g/mol. The fourth-order valence-electron chi connectivity index (χ4n) is 3.24. The van der Waals surface area contributed by atoms with Gasteiger partial charge in [-0.15, -0.1) is 11.3 Å². The summed E-state index contributed by atoms with van der Waals surface area (Å²) in [5.74, 6) is -0.538. The number of amides is 1. The molecule has 33 heavy (non-hydrogen) atoms. The number of thiocarbonyl (C=S) groups is 1. The number of anilines is 1. The van der Waals surface area contributed by atoms with E-state index in [4.69, 9.17) is 17.2 Å². The number of aromatic nitrogens is 1. The smallest absolute Gasteiger partial charge is 0.273 e. The lowest BCUT2D eigenvalue weighted by molar-refractivity contribution is -0.385.